The molecule has 1 fully saturated rings. The van der Waals surface area contributed by atoms with Gasteiger partial charge < -0.3 is 5.73 Å². The Balaban J connectivity index is 1.76. The SMILES string of the molecule is NC(C(=O)c1ccc(C2CCC2)cc1)c1ccccc1. The minimum atomic E-state index is -0.578. The van der Waals surface area contributed by atoms with E-state index in [1.165, 1.54) is 24.8 Å². The van der Waals surface area contributed by atoms with Gasteiger partial charge in [0.1, 0.15) is 0 Å². The molecule has 3 rings (SSSR count). The maximum Gasteiger partial charge on any atom is 0.184 e. The van der Waals surface area contributed by atoms with Gasteiger partial charge in [0.15, 0.2) is 5.78 Å². The topological polar surface area (TPSA) is 43.1 Å². The third-order valence-corrected chi connectivity index (χ3v) is 4.21. The molecule has 0 aromatic heterocycles. The van der Waals surface area contributed by atoms with Gasteiger partial charge in [0.05, 0.1) is 6.04 Å². The summed E-state index contributed by atoms with van der Waals surface area (Å²) < 4.78 is 0. The van der Waals surface area contributed by atoms with E-state index >= 15 is 0 Å². The smallest absolute Gasteiger partial charge is 0.184 e. The van der Waals surface area contributed by atoms with Crippen molar-refractivity contribution < 1.29 is 4.79 Å². The Bertz CT molecular complexity index is 585. The monoisotopic (exact) mass is 265 g/mol. The fraction of sp³-hybridized carbons (Fsp3) is 0.278. The molecule has 20 heavy (non-hydrogen) atoms. The highest BCUT2D eigenvalue weighted by atomic mass is 16.1. The van der Waals surface area contributed by atoms with Crippen LogP contribution >= 0.6 is 0 Å². The normalized spacial score (nSPS) is 16.4. The molecule has 2 N–H and O–H groups in total. The van der Waals surface area contributed by atoms with Crippen LogP contribution in [0, 0.1) is 0 Å². The molecule has 0 bridgehead atoms. The Morgan fingerprint density at radius 1 is 1.00 bits per heavy atom. The van der Waals surface area contributed by atoms with E-state index in [1.54, 1.807) is 0 Å². The van der Waals surface area contributed by atoms with E-state index in [-0.39, 0.29) is 5.78 Å². The van der Waals surface area contributed by atoms with Crippen LogP contribution in [0.3, 0.4) is 0 Å². The van der Waals surface area contributed by atoms with Crippen LogP contribution in [0.1, 0.15) is 52.7 Å². The number of carbonyl (C=O) groups excluding carboxylic acids is 1. The summed E-state index contributed by atoms with van der Waals surface area (Å²) in [7, 11) is 0. The fourth-order valence-electron chi connectivity index (χ4n) is 2.65. The van der Waals surface area contributed by atoms with Gasteiger partial charge in [-0.1, -0.05) is 61.0 Å². The molecule has 0 radical (unpaired) electrons. The molecule has 0 aliphatic heterocycles. The Morgan fingerprint density at radius 3 is 2.20 bits per heavy atom. The summed E-state index contributed by atoms with van der Waals surface area (Å²) in [6.07, 6.45) is 3.87. The first-order valence-electron chi connectivity index (χ1n) is 7.20. The van der Waals surface area contributed by atoms with Gasteiger partial charge in [-0.05, 0) is 29.9 Å². The van der Waals surface area contributed by atoms with E-state index in [0.717, 1.165) is 5.56 Å². The number of carbonyl (C=O) groups is 1. The van der Waals surface area contributed by atoms with Crippen molar-refractivity contribution in [1.29, 1.82) is 0 Å². The molecule has 1 saturated carbocycles. The molecule has 102 valence electrons. The maximum absolute atomic E-state index is 12.4. The second-order valence-electron chi connectivity index (χ2n) is 5.50. The molecule has 2 aromatic carbocycles. The second kappa shape index (κ2) is 5.59. The van der Waals surface area contributed by atoms with E-state index < -0.39 is 6.04 Å². The third-order valence-electron chi connectivity index (χ3n) is 4.21. The van der Waals surface area contributed by atoms with Crippen LogP contribution in [0.4, 0.5) is 0 Å². The number of hydrogen-bond acceptors (Lipinski definition) is 2. The van der Waals surface area contributed by atoms with Crippen LogP contribution in [0.25, 0.3) is 0 Å². The molecule has 2 nitrogen and oxygen atoms in total. The van der Waals surface area contributed by atoms with E-state index in [4.69, 9.17) is 5.73 Å². The number of benzene rings is 2. The number of hydrogen-bond donors (Lipinski definition) is 1. The van der Waals surface area contributed by atoms with Crippen molar-refractivity contribution in [3.63, 3.8) is 0 Å². The van der Waals surface area contributed by atoms with Crippen LogP contribution < -0.4 is 5.73 Å². The highest BCUT2D eigenvalue weighted by Gasteiger charge is 2.21. The van der Waals surface area contributed by atoms with Gasteiger partial charge in [0.2, 0.25) is 0 Å². The van der Waals surface area contributed by atoms with Crippen molar-refractivity contribution in [3.05, 3.63) is 71.3 Å². The van der Waals surface area contributed by atoms with Crippen LogP contribution in [-0.4, -0.2) is 5.78 Å². The first-order valence-corrected chi connectivity index (χ1v) is 7.20. The van der Waals surface area contributed by atoms with Crippen molar-refractivity contribution >= 4 is 5.78 Å². The van der Waals surface area contributed by atoms with Gasteiger partial charge in [-0.2, -0.15) is 0 Å². The van der Waals surface area contributed by atoms with Crippen molar-refractivity contribution in [2.45, 2.75) is 31.2 Å². The molecule has 1 aliphatic rings. The van der Waals surface area contributed by atoms with Gasteiger partial charge in [0.25, 0.3) is 0 Å². The van der Waals surface area contributed by atoms with Gasteiger partial charge in [0, 0.05) is 5.56 Å². The third kappa shape index (κ3) is 2.52. The fourth-order valence-corrected chi connectivity index (χ4v) is 2.65. The molecular formula is C18H19NO. The zero-order chi connectivity index (χ0) is 13.9. The molecule has 0 heterocycles. The molecule has 0 saturated heterocycles. The lowest BCUT2D eigenvalue weighted by Crippen LogP contribution is -2.21. The minimum absolute atomic E-state index is 0.0173. The number of nitrogens with two attached hydrogens (primary N) is 1. The van der Waals surface area contributed by atoms with Gasteiger partial charge in [-0.3, -0.25) is 4.79 Å². The lowest BCUT2D eigenvalue weighted by Gasteiger charge is -2.25. The summed E-state index contributed by atoms with van der Waals surface area (Å²) in [5.74, 6) is 0.679. The van der Waals surface area contributed by atoms with Crippen molar-refractivity contribution in [2.24, 2.45) is 5.73 Å². The zero-order valence-corrected chi connectivity index (χ0v) is 11.5. The van der Waals surface area contributed by atoms with E-state index in [2.05, 4.69) is 12.1 Å². The maximum atomic E-state index is 12.4. The van der Waals surface area contributed by atoms with Crippen LogP contribution in [0.5, 0.6) is 0 Å². The quantitative estimate of drug-likeness (QED) is 0.854. The van der Waals surface area contributed by atoms with Crippen LogP contribution in [0.15, 0.2) is 54.6 Å². The average molecular weight is 265 g/mol. The number of ketones is 1. The molecule has 2 aromatic rings. The molecule has 2 heteroatoms. The van der Waals surface area contributed by atoms with Crippen molar-refractivity contribution in [3.8, 4) is 0 Å². The summed E-state index contributed by atoms with van der Waals surface area (Å²) >= 11 is 0. The summed E-state index contributed by atoms with van der Waals surface area (Å²) in [6.45, 7) is 0. The van der Waals surface area contributed by atoms with Gasteiger partial charge in [-0.25, -0.2) is 0 Å². The molecule has 0 amide bonds. The molecular weight excluding hydrogens is 246 g/mol. The highest BCUT2D eigenvalue weighted by molar-refractivity contribution is 6.00. The lowest BCUT2D eigenvalue weighted by molar-refractivity contribution is 0.0961. The van der Waals surface area contributed by atoms with Gasteiger partial charge in [-0.15, -0.1) is 0 Å². The zero-order valence-electron chi connectivity index (χ0n) is 11.5. The molecule has 1 aliphatic carbocycles. The second-order valence-corrected chi connectivity index (χ2v) is 5.50. The first-order chi connectivity index (χ1) is 9.75. The standard InChI is InChI=1S/C18H19NO/c19-17(15-5-2-1-3-6-15)18(20)16-11-9-14(10-12-16)13-7-4-8-13/h1-3,5-6,9-13,17H,4,7-8,19H2. The van der Waals surface area contributed by atoms with E-state index in [1.807, 2.05) is 42.5 Å². The Labute approximate surface area is 119 Å². The Morgan fingerprint density at radius 2 is 1.65 bits per heavy atom. The molecule has 1 unspecified atom stereocenters. The Kier molecular flexibility index (Phi) is 3.66. The summed E-state index contributed by atoms with van der Waals surface area (Å²) in [6, 6.07) is 16.9. The lowest BCUT2D eigenvalue weighted by atomic mass is 9.80. The van der Waals surface area contributed by atoms with Crippen LogP contribution in [0.2, 0.25) is 0 Å². The minimum Gasteiger partial charge on any atom is -0.318 e. The number of Topliss-reactive ketones (excluding diaryl/α,β-unsaturated/α-hetero) is 1. The van der Waals surface area contributed by atoms with Crippen LogP contribution in [-0.2, 0) is 0 Å². The van der Waals surface area contributed by atoms with Crippen molar-refractivity contribution in [2.75, 3.05) is 0 Å². The predicted molar refractivity (Wildman–Crippen MR) is 80.7 cm³/mol. The summed E-state index contributed by atoms with van der Waals surface area (Å²) in [5.41, 5.74) is 8.96. The van der Waals surface area contributed by atoms with Gasteiger partial charge >= 0.3 is 0 Å². The van der Waals surface area contributed by atoms with Crippen molar-refractivity contribution in [1.82, 2.24) is 0 Å². The van der Waals surface area contributed by atoms with E-state index in [0.29, 0.717) is 11.5 Å². The summed E-state index contributed by atoms with van der Waals surface area (Å²) in [5, 5.41) is 0. The summed E-state index contributed by atoms with van der Waals surface area (Å²) in [4.78, 5) is 12.4. The highest BCUT2D eigenvalue weighted by Crippen LogP contribution is 2.36. The largest absolute Gasteiger partial charge is 0.318 e. The Hall–Kier alpha value is -1.93. The van der Waals surface area contributed by atoms with E-state index in [9.17, 15) is 4.79 Å². The molecule has 1 atom stereocenters. The average Bonchev–Trinajstić information content (AvgIpc) is 2.46. The molecule has 0 spiro atoms. The predicted octanol–water partition coefficient (Wildman–Crippen LogP) is 3.84. The first kappa shape index (κ1) is 13.1. The number of rotatable bonds is 4.